The fourth-order valence-corrected chi connectivity index (χ4v) is 3.84. The summed E-state index contributed by atoms with van der Waals surface area (Å²) < 4.78 is 12.0. The van der Waals surface area contributed by atoms with Crippen molar-refractivity contribution in [1.82, 2.24) is 14.5 Å². The number of rotatable bonds is 6. The van der Waals surface area contributed by atoms with Crippen molar-refractivity contribution in [3.63, 3.8) is 0 Å². The second kappa shape index (κ2) is 10.3. The standard InChI is InChI=1S/C16H22N4O3S.C2H6/c1-22-11-10-19-9-6-17-14(19)12-13(15(21)23-2)24-16(18-12)20-7-4-3-5-8-20;1-2/h6,9H,3-5,7-8,10-11H2,1-2H3;1-2H3. The van der Waals surface area contributed by atoms with Gasteiger partial charge in [0.05, 0.1) is 13.7 Å². The van der Waals surface area contributed by atoms with Gasteiger partial charge in [-0.05, 0) is 19.3 Å². The van der Waals surface area contributed by atoms with Gasteiger partial charge in [0.1, 0.15) is 10.6 Å². The van der Waals surface area contributed by atoms with Gasteiger partial charge in [0.15, 0.2) is 11.0 Å². The molecule has 144 valence electrons. The van der Waals surface area contributed by atoms with Crippen molar-refractivity contribution >= 4 is 22.4 Å². The van der Waals surface area contributed by atoms with Crippen molar-refractivity contribution in [1.29, 1.82) is 0 Å². The zero-order valence-corrected chi connectivity index (χ0v) is 16.8. The molecule has 7 nitrogen and oxygen atoms in total. The Morgan fingerprint density at radius 3 is 2.62 bits per heavy atom. The average molecular weight is 381 g/mol. The van der Waals surface area contributed by atoms with Crippen LogP contribution in [0.4, 0.5) is 5.13 Å². The van der Waals surface area contributed by atoms with E-state index in [1.165, 1.54) is 24.9 Å². The lowest BCUT2D eigenvalue weighted by Crippen LogP contribution is -2.29. The molecule has 0 atom stereocenters. The van der Waals surface area contributed by atoms with Gasteiger partial charge in [0.2, 0.25) is 0 Å². The molecule has 0 spiro atoms. The summed E-state index contributed by atoms with van der Waals surface area (Å²) in [5.41, 5.74) is 0.591. The molecule has 3 heterocycles. The molecule has 0 aliphatic carbocycles. The molecular formula is C18H28N4O3S. The first-order valence-corrected chi connectivity index (χ1v) is 9.90. The first-order chi connectivity index (χ1) is 12.7. The second-order valence-corrected chi connectivity index (χ2v) is 6.63. The highest BCUT2D eigenvalue weighted by Gasteiger charge is 2.26. The Morgan fingerprint density at radius 1 is 1.23 bits per heavy atom. The summed E-state index contributed by atoms with van der Waals surface area (Å²) in [6.07, 6.45) is 7.15. The van der Waals surface area contributed by atoms with E-state index in [1.807, 2.05) is 24.6 Å². The van der Waals surface area contributed by atoms with E-state index in [2.05, 4.69) is 9.88 Å². The number of carbonyl (C=O) groups excluding carboxylic acids is 1. The normalized spacial score (nSPS) is 13.9. The van der Waals surface area contributed by atoms with E-state index in [0.29, 0.717) is 29.5 Å². The number of methoxy groups -OCH3 is 2. The first-order valence-electron chi connectivity index (χ1n) is 9.09. The Morgan fingerprint density at radius 2 is 1.96 bits per heavy atom. The molecule has 1 saturated heterocycles. The Balaban J connectivity index is 0.00000117. The molecule has 2 aromatic heterocycles. The van der Waals surface area contributed by atoms with Crippen LogP contribution in [0.5, 0.6) is 0 Å². The van der Waals surface area contributed by atoms with E-state index >= 15 is 0 Å². The summed E-state index contributed by atoms with van der Waals surface area (Å²) in [6, 6.07) is 0. The Kier molecular flexibility index (Phi) is 8.06. The van der Waals surface area contributed by atoms with Gasteiger partial charge in [-0.1, -0.05) is 25.2 Å². The molecule has 1 fully saturated rings. The summed E-state index contributed by atoms with van der Waals surface area (Å²) in [5, 5.41) is 0.867. The van der Waals surface area contributed by atoms with Crippen LogP contribution in [0.2, 0.25) is 0 Å². The Labute approximate surface area is 159 Å². The number of nitrogens with zero attached hydrogens (tertiary/aromatic N) is 4. The van der Waals surface area contributed by atoms with E-state index < -0.39 is 0 Å². The van der Waals surface area contributed by atoms with Crippen molar-refractivity contribution in [2.24, 2.45) is 0 Å². The molecular weight excluding hydrogens is 352 g/mol. The predicted molar refractivity (Wildman–Crippen MR) is 104 cm³/mol. The Hall–Kier alpha value is -1.93. The first kappa shape index (κ1) is 20.4. The minimum Gasteiger partial charge on any atom is -0.465 e. The zero-order valence-electron chi connectivity index (χ0n) is 16.0. The number of piperidine rings is 1. The van der Waals surface area contributed by atoms with Gasteiger partial charge in [-0.2, -0.15) is 0 Å². The number of anilines is 1. The van der Waals surface area contributed by atoms with Gasteiger partial charge >= 0.3 is 5.97 Å². The molecule has 0 bridgehead atoms. The summed E-state index contributed by atoms with van der Waals surface area (Å²) in [6.45, 7) is 7.18. The van der Waals surface area contributed by atoms with E-state index in [9.17, 15) is 4.79 Å². The van der Waals surface area contributed by atoms with Crippen molar-refractivity contribution in [3.05, 3.63) is 17.3 Å². The second-order valence-electron chi connectivity index (χ2n) is 5.65. The lowest BCUT2D eigenvalue weighted by atomic mass is 10.1. The van der Waals surface area contributed by atoms with Crippen molar-refractivity contribution in [2.75, 3.05) is 38.8 Å². The minimum absolute atomic E-state index is 0.368. The van der Waals surface area contributed by atoms with Gasteiger partial charge in [0, 0.05) is 39.1 Å². The van der Waals surface area contributed by atoms with Crippen LogP contribution in [0.15, 0.2) is 12.4 Å². The van der Waals surface area contributed by atoms with Gasteiger partial charge < -0.3 is 18.9 Å². The predicted octanol–water partition coefficient (Wildman–Crippen LogP) is 3.46. The van der Waals surface area contributed by atoms with Crippen LogP contribution >= 0.6 is 11.3 Å². The van der Waals surface area contributed by atoms with Crippen molar-refractivity contribution in [3.8, 4) is 11.5 Å². The number of esters is 1. The molecule has 1 aliphatic heterocycles. The Bertz CT molecular complexity index is 692. The fourth-order valence-electron chi connectivity index (χ4n) is 2.81. The maximum atomic E-state index is 12.2. The molecule has 0 unspecified atom stereocenters. The summed E-state index contributed by atoms with van der Waals surface area (Å²) in [7, 11) is 3.05. The largest absolute Gasteiger partial charge is 0.465 e. The topological polar surface area (TPSA) is 69.5 Å². The average Bonchev–Trinajstić information content (AvgIpc) is 3.34. The lowest BCUT2D eigenvalue weighted by Gasteiger charge is -2.25. The molecule has 0 radical (unpaired) electrons. The van der Waals surface area contributed by atoms with Gasteiger partial charge in [-0.25, -0.2) is 14.8 Å². The summed E-state index contributed by atoms with van der Waals surface area (Å²) >= 11 is 1.39. The number of hydrogen-bond donors (Lipinski definition) is 0. The van der Waals surface area contributed by atoms with Gasteiger partial charge in [0.25, 0.3) is 0 Å². The van der Waals surface area contributed by atoms with Crippen LogP contribution < -0.4 is 4.90 Å². The van der Waals surface area contributed by atoms with E-state index in [-0.39, 0.29) is 5.97 Å². The van der Waals surface area contributed by atoms with E-state index in [4.69, 9.17) is 14.5 Å². The number of carbonyl (C=O) groups is 1. The fraction of sp³-hybridized carbons (Fsp3) is 0.611. The zero-order chi connectivity index (χ0) is 18.9. The molecule has 3 rings (SSSR count). The highest BCUT2D eigenvalue weighted by molar-refractivity contribution is 7.17. The molecule has 0 saturated carbocycles. The number of hydrogen-bond acceptors (Lipinski definition) is 7. The van der Waals surface area contributed by atoms with Crippen LogP contribution in [0, 0.1) is 0 Å². The highest BCUT2D eigenvalue weighted by atomic mass is 32.1. The molecule has 0 aromatic carbocycles. The minimum atomic E-state index is -0.368. The number of thiazole rings is 1. The summed E-state index contributed by atoms with van der Waals surface area (Å²) in [4.78, 5) is 24.1. The molecule has 0 N–H and O–H groups in total. The third-order valence-corrected chi connectivity index (χ3v) is 5.17. The smallest absolute Gasteiger partial charge is 0.350 e. The number of aromatic nitrogens is 3. The number of imidazole rings is 1. The molecule has 8 heteroatoms. The van der Waals surface area contributed by atoms with Crippen LogP contribution in [0.3, 0.4) is 0 Å². The third kappa shape index (κ3) is 4.62. The molecule has 0 amide bonds. The van der Waals surface area contributed by atoms with Crippen LogP contribution in [-0.2, 0) is 16.0 Å². The van der Waals surface area contributed by atoms with E-state index in [0.717, 1.165) is 31.1 Å². The monoisotopic (exact) mass is 380 g/mol. The maximum absolute atomic E-state index is 12.2. The number of ether oxygens (including phenoxy) is 2. The SMILES string of the molecule is CC.COCCn1ccnc1-c1nc(N2CCCCC2)sc1C(=O)OC. The molecule has 26 heavy (non-hydrogen) atoms. The van der Waals surface area contributed by atoms with Crippen LogP contribution in [0.25, 0.3) is 11.5 Å². The van der Waals surface area contributed by atoms with Crippen molar-refractivity contribution in [2.45, 2.75) is 39.7 Å². The van der Waals surface area contributed by atoms with Crippen molar-refractivity contribution < 1.29 is 14.3 Å². The van der Waals surface area contributed by atoms with E-state index in [1.54, 1.807) is 13.3 Å². The van der Waals surface area contributed by atoms with Gasteiger partial charge in [-0.15, -0.1) is 0 Å². The quantitative estimate of drug-likeness (QED) is 0.715. The lowest BCUT2D eigenvalue weighted by molar-refractivity contribution is 0.0607. The van der Waals surface area contributed by atoms with Crippen LogP contribution in [0.1, 0.15) is 42.8 Å². The van der Waals surface area contributed by atoms with Gasteiger partial charge in [-0.3, -0.25) is 0 Å². The molecule has 2 aromatic rings. The third-order valence-electron chi connectivity index (χ3n) is 4.08. The maximum Gasteiger partial charge on any atom is 0.350 e. The van der Waals surface area contributed by atoms with Crippen LogP contribution in [-0.4, -0.2) is 54.4 Å². The highest BCUT2D eigenvalue weighted by Crippen LogP contribution is 2.34. The summed E-state index contributed by atoms with van der Waals surface area (Å²) in [5.74, 6) is 0.305. The molecule has 1 aliphatic rings.